The Balaban J connectivity index is 2.47. The van der Waals surface area contributed by atoms with Crippen LogP contribution in [0.15, 0.2) is 0 Å². The maximum absolute atomic E-state index is 11.8. The summed E-state index contributed by atoms with van der Waals surface area (Å²) in [5, 5.41) is -0.335. The van der Waals surface area contributed by atoms with Crippen LogP contribution >= 0.6 is 11.6 Å². The molecule has 82 valence electrons. The van der Waals surface area contributed by atoms with Gasteiger partial charge in [-0.2, -0.15) is 0 Å². The predicted molar refractivity (Wildman–Crippen MR) is 58.6 cm³/mol. The Bertz CT molecular complexity index is 199. The van der Waals surface area contributed by atoms with Crippen molar-refractivity contribution in [2.24, 2.45) is 0 Å². The highest BCUT2D eigenvalue weighted by Gasteiger charge is 2.22. The van der Waals surface area contributed by atoms with Gasteiger partial charge in [0.25, 0.3) is 0 Å². The van der Waals surface area contributed by atoms with Gasteiger partial charge in [-0.25, -0.2) is 0 Å². The molecule has 3 nitrogen and oxygen atoms in total. The summed E-state index contributed by atoms with van der Waals surface area (Å²) in [5.74, 6) is 0.101. The van der Waals surface area contributed by atoms with E-state index in [1.807, 2.05) is 11.8 Å². The fourth-order valence-corrected chi connectivity index (χ4v) is 1.78. The number of hydrogen-bond donors (Lipinski definition) is 0. The second kappa shape index (κ2) is 5.56. The smallest absolute Gasteiger partial charge is 0.240 e. The van der Waals surface area contributed by atoms with E-state index in [0.717, 1.165) is 32.6 Å². The number of nitrogens with zero attached hydrogens (tertiary/aromatic N) is 2. The van der Waals surface area contributed by atoms with E-state index in [1.54, 1.807) is 0 Å². The van der Waals surface area contributed by atoms with Crippen LogP contribution in [0.3, 0.4) is 0 Å². The minimum Gasteiger partial charge on any atom is -0.340 e. The molecule has 0 unspecified atom stereocenters. The van der Waals surface area contributed by atoms with Gasteiger partial charge in [-0.15, -0.1) is 11.6 Å². The second-order valence-electron chi connectivity index (χ2n) is 3.86. The van der Waals surface area contributed by atoms with Crippen LogP contribution in [0.1, 0.15) is 19.8 Å². The summed E-state index contributed by atoms with van der Waals surface area (Å²) >= 11 is 5.93. The maximum atomic E-state index is 11.8. The fraction of sp³-hybridized carbons (Fsp3) is 0.900. The quantitative estimate of drug-likeness (QED) is 0.650. The lowest BCUT2D eigenvalue weighted by atomic mass is 10.3. The summed E-state index contributed by atoms with van der Waals surface area (Å²) in [6, 6.07) is 0. The van der Waals surface area contributed by atoms with Gasteiger partial charge in [0.2, 0.25) is 5.91 Å². The summed E-state index contributed by atoms with van der Waals surface area (Å²) in [6.45, 7) is 5.65. The molecule has 0 saturated carbocycles. The molecule has 0 aromatic rings. The monoisotopic (exact) mass is 218 g/mol. The van der Waals surface area contributed by atoms with E-state index >= 15 is 0 Å². The first-order valence-corrected chi connectivity index (χ1v) is 5.70. The highest BCUT2D eigenvalue weighted by atomic mass is 35.5. The Morgan fingerprint density at radius 1 is 1.36 bits per heavy atom. The summed E-state index contributed by atoms with van der Waals surface area (Å²) in [4.78, 5) is 15.9. The highest BCUT2D eigenvalue weighted by molar-refractivity contribution is 6.30. The van der Waals surface area contributed by atoms with E-state index in [2.05, 4.69) is 11.9 Å². The van der Waals surface area contributed by atoms with Crippen LogP contribution in [-0.4, -0.2) is 54.3 Å². The normalized spacial score (nSPS) is 21.8. The van der Waals surface area contributed by atoms with Gasteiger partial charge < -0.3 is 9.80 Å². The van der Waals surface area contributed by atoms with Crippen LogP contribution < -0.4 is 0 Å². The molecule has 0 spiro atoms. The number of halogens is 1. The molecule has 1 amide bonds. The Kier molecular flexibility index (Phi) is 4.69. The van der Waals surface area contributed by atoms with E-state index in [4.69, 9.17) is 11.6 Å². The molecule has 14 heavy (non-hydrogen) atoms. The molecular weight excluding hydrogens is 200 g/mol. The average Bonchev–Trinajstić information content (AvgIpc) is 2.40. The van der Waals surface area contributed by atoms with Crippen molar-refractivity contribution in [3.05, 3.63) is 0 Å². The van der Waals surface area contributed by atoms with E-state index < -0.39 is 0 Å². The van der Waals surface area contributed by atoms with Crippen molar-refractivity contribution < 1.29 is 4.79 Å². The maximum Gasteiger partial charge on any atom is 0.240 e. The van der Waals surface area contributed by atoms with Gasteiger partial charge in [-0.1, -0.05) is 6.92 Å². The molecule has 4 heteroatoms. The molecule has 1 atom stereocenters. The number of carbonyl (C=O) groups is 1. The molecular formula is C10H19ClN2O. The van der Waals surface area contributed by atoms with E-state index in [-0.39, 0.29) is 11.3 Å². The third-order valence-electron chi connectivity index (χ3n) is 2.66. The van der Waals surface area contributed by atoms with E-state index in [1.165, 1.54) is 0 Å². The van der Waals surface area contributed by atoms with E-state index in [9.17, 15) is 4.79 Å². The zero-order chi connectivity index (χ0) is 10.6. The van der Waals surface area contributed by atoms with Crippen LogP contribution in [0.2, 0.25) is 0 Å². The van der Waals surface area contributed by atoms with Crippen molar-refractivity contribution in [3.8, 4) is 0 Å². The van der Waals surface area contributed by atoms with Crippen molar-refractivity contribution in [3.63, 3.8) is 0 Å². The number of hydrogen-bond acceptors (Lipinski definition) is 2. The lowest BCUT2D eigenvalue weighted by Crippen LogP contribution is -2.39. The molecule has 1 saturated heterocycles. The van der Waals surface area contributed by atoms with Crippen LogP contribution in [0, 0.1) is 0 Å². The van der Waals surface area contributed by atoms with Crippen molar-refractivity contribution in [2.45, 2.75) is 25.1 Å². The minimum atomic E-state index is -0.335. The Morgan fingerprint density at radius 3 is 2.71 bits per heavy atom. The third kappa shape index (κ3) is 3.14. The number of carbonyl (C=O) groups excluding carboxylic acids is 1. The second-order valence-corrected chi connectivity index (χ2v) is 4.38. The van der Waals surface area contributed by atoms with Gasteiger partial charge >= 0.3 is 0 Å². The molecule has 1 heterocycles. The van der Waals surface area contributed by atoms with E-state index in [0.29, 0.717) is 6.42 Å². The molecule has 1 fully saturated rings. The molecule has 0 N–H and O–H groups in total. The number of amides is 1. The lowest BCUT2D eigenvalue weighted by Gasteiger charge is -2.22. The molecule has 1 rings (SSSR count). The van der Waals surface area contributed by atoms with Gasteiger partial charge in [0.1, 0.15) is 5.38 Å². The van der Waals surface area contributed by atoms with Gasteiger partial charge in [0, 0.05) is 19.6 Å². The molecule has 1 aliphatic heterocycles. The first-order chi connectivity index (χ1) is 6.65. The van der Waals surface area contributed by atoms with Crippen LogP contribution in [-0.2, 0) is 4.79 Å². The molecule has 1 aliphatic rings. The Hall–Kier alpha value is -0.280. The summed E-state index contributed by atoms with van der Waals surface area (Å²) in [5.41, 5.74) is 0. The van der Waals surface area contributed by atoms with Crippen molar-refractivity contribution in [2.75, 3.05) is 33.2 Å². The Labute approximate surface area is 91.0 Å². The van der Waals surface area contributed by atoms with Gasteiger partial charge in [-0.3, -0.25) is 4.79 Å². The zero-order valence-electron chi connectivity index (χ0n) is 9.00. The first-order valence-electron chi connectivity index (χ1n) is 5.26. The van der Waals surface area contributed by atoms with Crippen LogP contribution in [0.5, 0.6) is 0 Å². The largest absolute Gasteiger partial charge is 0.340 e. The zero-order valence-corrected chi connectivity index (χ0v) is 9.76. The third-order valence-corrected chi connectivity index (χ3v) is 3.15. The summed E-state index contributed by atoms with van der Waals surface area (Å²) in [6.07, 6.45) is 1.77. The van der Waals surface area contributed by atoms with Gasteiger partial charge in [0.15, 0.2) is 0 Å². The van der Waals surface area contributed by atoms with Crippen molar-refractivity contribution in [1.82, 2.24) is 9.80 Å². The van der Waals surface area contributed by atoms with Crippen molar-refractivity contribution in [1.29, 1.82) is 0 Å². The number of alkyl halides is 1. The molecule has 0 radical (unpaired) electrons. The standard InChI is InChI=1S/C10H19ClN2O/c1-3-9(11)10(14)13-6-4-5-12(2)7-8-13/h9H,3-8H2,1-2H3/t9-/m0/s1. The highest BCUT2D eigenvalue weighted by Crippen LogP contribution is 2.09. The van der Waals surface area contributed by atoms with Crippen molar-refractivity contribution >= 4 is 17.5 Å². The summed E-state index contributed by atoms with van der Waals surface area (Å²) < 4.78 is 0. The SMILES string of the molecule is CC[C@H](Cl)C(=O)N1CCCN(C)CC1. The molecule has 0 aliphatic carbocycles. The molecule has 0 aromatic heterocycles. The topological polar surface area (TPSA) is 23.6 Å². The van der Waals surface area contributed by atoms with Gasteiger partial charge in [-0.05, 0) is 26.4 Å². The predicted octanol–water partition coefficient (Wildman–Crippen LogP) is 1.17. The first kappa shape index (κ1) is 11.8. The minimum absolute atomic E-state index is 0.101. The fourth-order valence-electron chi connectivity index (χ4n) is 1.64. The molecule has 0 bridgehead atoms. The van der Waals surface area contributed by atoms with Crippen LogP contribution in [0.4, 0.5) is 0 Å². The van der Waals surface area contributed by atoms with Gasteiger partial charge in [0.05, 0.1) is 0 Å². The Morgan fingerprint density at radius 2 is 2.07 bits per heavy atom. The molecule has 0 aromatic carbocycles. The summed E-state index contributed by atoms with van der Waals surface area (Å²) in [7, 11) is 2.09. The van der Waals surface area contributed by atoms with Crippen LogP contribution in [0.25, 0.3) is 0 Å². The number of likely N-dealkylation sites (N-methyl/N-ethyl adjacent to an activating group) is 1. The average molecular weight is 219 g/mol. The lowest BCUT2D eigenvalue weighted by molar-refractivity contribution is -0.130. The number of rotatable bonds is 2.